The summed E-state index contributed by atoms with van der Waals surface area (Å²) in [5, 5.41) is 0. The largest absolute Gasteiger partial charge is 0.493 e. The molecule has 2 aromatic carbocycles. The van der Waals surface area contributed by atoms with E-state index in [2.05, 4.69) is 9.97 Å². The lowest BCUT2D eigenvalue weighted by atomic mass is 10.2. The Balaban J connectivity index is 1.96. The van der Waals surface area contributed by atoms with Crippen LogP contribution in [0.3, 0.4) is 0 Å². The summed E-state index contributed by atoms with van der Waals surface area (Å²) in [7, 11) is 1.55. The molecule has 0 saturated heterocycles. The minimum Gasteiger partial charge on any atom is -0.493 e. The van der Waals surface area contributed by atoms with Gasteiger partial charge in [-0.3, -0.25) is 4.79 Å². The zero-order valence-electron chi connectivity index (χ0n) is 13.3. The summed E-state index contributed by atoms with van der Waals surface area (Å²) < 4.78 is 10.7. The molecule has 3 aromatic rings. The minimum atomic E-state index is -0.292. The van der Waals surface area contributed by atoms with E-state index in [1.165, 1.54) is 0 Å². The Labute approximate surface area is 134 Å². The van der Waals surface area contributed by atoms with Crippen molar-refractivity contribution in [2.45, 2.75) is 13.8 Å². The number of carbonyl (C=O) groups is 1. The third-order valence-corrected chi connectivity index (χ3v) is 3.51. The molecule has 5 nitrogen and oxygen atoms in total. The third kappa shape index (κ3) is 3.04. The molecule has 23 heavy (non-hydrogen) atoms. The second-order valence-electron chi connectivity index (χ2n) is 5.54. The molecule has 0 fully saturated rings. The van der Waals surface area contributed by atoms with Crippen LogP contribution in [0.5, 0.6) is 11.5 Å². The number of hydrogen-bond donors (Lipinski definition) is 1. The van der Waals surface area contributed by atoms with Crippen molar-refractivity contribution in [1.29, 1.82) is 0 Å². The van der Waals surface area contributed by atoms with Crippen molar-refractivity contribution in [1.82, 2.24) is 9.97 Å². The molecule has 0 bridgehead atoms. The van der Waals surface area contributed by atoms with E-state index >= 15 is 0 Å². The number of imidazole rings is 1. The number of para-hydroxylation sites is 2. The van der Waals surface area contributed by atoms with Crippen LogP contribution in [0.1, 0.15) is 13.8 Å². The van der Waals surface area contributed by atoms with Gasteiger partial charge >= 0.3 is 5.97 Å². The smallest absolute Gasteiger partial charge is 0.313 e. The van der Waals surface area contributed by atoms with Crippen molar-refractivity contribution in [2.24, 2.45) is 5.92 Å². The van der Waals surface area contributed by atoms with Gasteiger partial charge in [-0.2, -0.15) is 0 Å². The van der Waals surface area contributed by atoms with E-state index in [9.17, 15) is 4.79 Å². The lowest BCUT2D eigenvalue weighted by molar-refractivity contribution is -0.137. The maximum atomic E-state index is 11.8. The van der Waals surface area contributed by atoms with E-state index in [1.54, 1.807) is 33.1 Å². The summed E-state index contributed by atoms with van der Waals surface area (Å²) in [4.78, 5) is 19.6. The predicted octanol–water partition coefficient (Wildman–Crippen LogP) is 3.80. The molecule has 0 aliphatic rings. The number of methoxy groups -OCH3 is 1. The van der Waals surface area contributed by atoms with Gasteiger partial charge in [0.05, 0.1) is 24.1 Å². The van der Waals surface area contributed by atoms with Crippen molar-refractivity contribution in [3.8, 4) is 22.9 Å². The third-order valence-electron chi connectivity index (χ3n) is 3.51. The van der Waals surface area contributed by atoms with Gasteiger partial charge in [-0.25, -0.2) is 4.98 Å². The van der Waals surface area contributed by atoms with Crippen molar-refractivity contribution in [3.63, 3.8) is 0 Å². The van der Waals surface area contributed by atoms with Crippen LogP contribution in [0.2, 0.25) is 0 Å². The second-order valence-corrected chi connectivity index (χ2v) is 5.54. The number of rotatable bonds is 4. The maximum absolute atomic E-state index is 11.8. The molecule has 0 radical (unpaired) electrons. The van der Waals surface area contributed by atoms with Crippen molar-refractivity contribution >= 4 is 17.0 Å². The molecule has 0 saturated carbocycles. The Hall–Kier alpha value is -2.82. The Morgan fingerprint density at radius 3 is 2.61 bits per heavy atom. The van der Waals surface area contributed by atoms with Crippen LogP contribution in [0.25, 0.3) is 22.4 Å². The lowest BCUT2D eigenvalue weighted by Crippen LogP contribution is -2.15. The van der Waals surface area contributed by atoms with Gasteiger partial charge in [0.25, 0.3) is 0 Å². The number of carbonyl (C=O) groups excluding carboxylic acids is 1. The monoisotopic (exact) mass is 310 g/mol. The van der Waals surface area contributed by atoms with E-state index in [4.69, 9.17) is 9.47 Å². The second kappa shape index (κ2) is 6.12. The molecule has 0 aliphatic carbocycles. The molecular weight excluding hydrogens is 292 g/mol. The minimum absolute atomic E-state index is 0.199. The van der Waals surface area contributed by atoms with Gasteiger partial charge in [-0.05, 0) is 30.3 Å². The van der Waals surface area contributed by atoms with Gasteiger partial charge in [-0.1, -0.05) is 26.0 Å². The maximum Gasteiger partial charge on any atom is 0.313 e. The van der Waals surface area contributed by atoms with E-state index < -0.39 is 0 Å². The van der Waals surface area contributed by atoms with Crippen LogP contribution in [0, 0.1) is 5.92 Å². The average molecular weight is 310 g/mol. The van der Waals surface area contributed by atoms with Crippen LogP contribution < -0.4 is 9.47 Å². The van der Waals surface area contributed by atoms with Crippen LogP contribution in [0.15, 0.2) is 42.5 Å². The molecule has 0 spiro atoms. The van der Waals surface area contributed by atoms with E-state index in [1.807, 2.05) is 30.3 Å². The Morgan fingerprint density at radius 2 is 1.91 bits per heavy atom. The Kier molecular flexibility index (Phi) is 4.02. The van der Waals surface area contributed by atoms with Crippen LogP contribution in [-0.2, 0) is 4.79 Å². The van der Waals surface area contributed by atoms with Gasteiger partial charge in [0.15, 0.2) is 11.5 Å². The summed E-state index contributed by atoms with van der Waals surface area (Å²) in [6.45, 7) is 3.58. The van der Waals surface area contributed by atoms with Crippen LogP contribution >= 0.6 is 0 Å². The molecule has 0 amide bonds. The van der Waals surface area contributed by atoms with E-state index in [0.717, 1.165) is 22.4 Å². The number of hydrogen-bond acceptors (Lipinski definition) is 4. The summed E-state index contributed by atoms with van der Waals surface area (Å²) in [6.07, 6.45) is 0. The molecule has 0 unspecified atom stereocenters. The molecule has 118 valence electrons. The number of nitrogens with one attached hydrogen (secondary N) is 1. The lowest BCUT2D eigenvalue weighted by Gasteiger charge is -2.11. The number of H-pyrrole nitrogens is 1. The molecule has 1 aromatic heterocycles. The summed E-state index contributed by atoms with van der Waals surface area (Å²) in [6, 6.07) is 13.2. The van der Waals surface area contributed by atoms with Gasteiger partial charge in [0.1, 0.15) is 5.82 Å². The molecule has 3 rings (SSSR count). The van der Waals surface area contributed by atoms with Crippen molar-refractivity contribution in [2.75, 3.05) is 7.11 Å². The Bertz CT molecular complexity index is 819. The predicted molar refractivity (Wildman–Crippen MR) is 88.6 cm³/mol. The first kappa shape index (κ1) is 15.1. The van der Waals surface area contributed by atoms with Crippen LogP contribution in [-0.4, -0.2) is 23.0 Å². The fourth-order valence-electron chi connectivity index (χ4n) is 2.21. The molecule has 1 N–H and O–H groups in total. The fraction of sp³-hybridized carbons (Fsp3) is 0.222. The SMILES string of the molecule is COc1cc(-c2nc3ccccc3[nH]2)ccc1OC(=O)C(C)C. The van der Waals surface area contributed by atoms with Gasteiger partial charge in [0.2, 0.25) is 0 Å². The van der Waals surface area contributed by atoms with Crippen LogP contribution in [0.4, 0.5) is 0 Å². The number of fused-ring (bicyclic) bond motifs is 1. The van der Waals surface area contributed by atoms with Crippen molar-refractivity contribution in [3.05, 3.63) is 42.5 Å². The first-order chi connectivity index (χ1) is 11.1. The molecular formula is C18H18N2O3. The molecule has 1 heterocycles. The zero-order valence-corrected chi connectivity index (χ0v) is 13.3. The first-order valence-electron chi connectivity index (χ1n) is 7.43. The highest BCUT2D eigenvalue weighted by atomic mass is 16.6. The zero-order chi connectivity index (χ0) is 16.4. The summed E-state index contributed by atoms with van der Waals surface area (Å²) in [5.74, 6) is 1.16. The highest BCUT2D eigenvalue weighted by molar-refractivity contribution is 5.80. The van der Waals surface area contributed by atoms with Gasteiger partial charge < -0.3 is 14.5 Å². The number of benzene rings is 2. The fourth-order valence-corrected chi connectivity index (χ4v) is 2.21. The number of nitrogens with zero attached hydrogens (tertiary/aromatic N) is 1. The van der Waals surface area contributed by atoms with Gasteiger partial charge in [0, 0.05) is 5.56 Å². The molecule has 5 heteroatoms. The number of ether oxygens (including phenoxy) is 2. The topological polar surface area (TPSA) is 64.2 Å². The quantitative estimate of drug-likeness (QED) is 0.588. The standard InChI is InChI=1S/C18H18N2O3/c1-11(2)18(21)23-15-9-8-12(10-16(15)22-3)17-19-13-6-4-5-7-14(13)20-17/h4-11H,1-3H3,(H,19,20). The van der Waals surface area contributed by atoms with E-state index in [-0.39, 0.29) is 11.9 Å². The highest BCUT2D eigenvalue weighted by Crippen LogP contribution is 2.32. The Morgan fingerprint density at radius 1 is 1.13 bits per heavy atom. The van der Waals surface area contributed by atoms with Crippen molar-refractivity contribution < 1.29 is 14.3 Å². The number of aromatic nitrogens is 2. The number of aromatic amines is 1. The normalized spacial score (nSPS) is 11.0. The average Bonchev–Trinajstić information content (AvgIpc) is 2.99. The molecule has 0 aliphatic heterocycles. The number of esters is 1. The summed E-state index contributed by atoms with van der Waals surface area (Å²) >= 11 is 0. The highest BCUT2D eigenvalue weighted by Gasteiger charge is 2.15. The van der Waals surface area contributed by atoms with Gasteiger partial charge in [-0.15, -0.1) is 0 Å². The summed E-state index contributed by atoms with van der Waals surface area (Å²) in [5.41, 5.74) is 2.73. The first-order valence-corrected chi connectivity index (χ1v) is 7.43. The molecule has 0 atom stereocenters. The van der Waals surface area contributed by atoms with E-state index in [0.29, 0.717) is 11.5 Å².